The Bertz CT molecular complexity index is 1460. The molecule has 0 saturated carbocycles. The zero-order valence-electron chi connectivity index (χ0n) is 28.5. The van der Waals surface area contributed by atoms with Gasteiger partial charge in [-0.2, -0.15) is 0 Å². The molecule has 0 saturated heterocycles. The van der Waals surface area contributed by atoms with Gasteiger partial charge in [-0.1, -0.05) is 97.4 Å². The van der Waals surface area contributed by atoms with Gasteiger partial charge in [-0.25, -0.2) is 14.4 Å². The summed E-state index contributed by atoms with van der Waals surface area (Å²) >= 11 is 0. The molecule has 0 unspecified atom stereocenters. The minimum absolute atomic E-state index is 0.0711. The summed E-state index contributed by atoms with van der Waals surface area (Å²) in [6, 6.07) is 26.9. The third kappa shape index (κ3) is 16.1. The second-order valence-corrected chi connectivity index (χ2v) is 11.6. The van der Waals surface area contributed by atoms with E-state index < -0.39 is 42.0 Å². The first-order valence-corrected chi connectivity index (χ1v) is 16.8. The number of nitrogens with one attached hydrogen (secondary N) is 3. The molecule has 0 heterocycles. The standard InChI is InChI=1S/C38H47N3O9/c1-47-36(44)33(22-12-14-24-40-38(46)50-28-31-19-9-4-10-20-31)41-35(43)32(25-34(42)48-26-29-15-5-2-6-16-29)21-11-13-23-39-37(45)49-27-30-17-7-3-8-18-30/h2-10,15-20,32-33H,11-14,21-28H2,1H3,(H,39,45)(H,40,46)(H,41,43)/t32-,33+/m1/s1. The Morgan fingerprint density at radius 3 is 1.48 bits per heavy atom. The number of rotatable bonds is 21. The minimum atomic E-state index is -0.943. The second-order valence-electron chi connectivity index (χ2n) is 11.6. The van der Waals surface area contributed by atoms with Crippen LogP contribution in [0, 0.1) is 5.92 Å². The van der Waals surface area contributed by atoms with Gasteiger partial charge in [-0.3, -0.25) is 9.59 Å². The first-order valence-electron chi connectivity index (χ1n) is 16.8. The second kappa shape index (κ2) is 23.0. The van der Waals surface area contributed by atoms with E-state index in [4.69, 9.17) is 18.9 Å². The monoisotopic (exact) mass is 689 g/mol. The van der Waals surface area contributed by atoms with Crippen LogP contribution in [0.5, 0.6) is 0 Å². The molecule has 2 atom stereocenters. The number of amides is 3. The van der Waals surface area contributed by atoms with E-state index in [1.165, 1.54) is 7.11 Å². The van der Waals surface area contributed by atoms with Crippen LogP contribution in [0.15, 0.2) is 91.0 Å². The summed E-state index contributed by atoms with van der Waals surface area (Å²) in [6.07, 6.45) is 1.36. The van der Waals surface area contributed by atoms with Crippen molar-refractivity contribution in [1.29, 1.82) is 0 Å². The summed E-state index contributed by atoms with van der Waals surface area (Å²) in [5.41, 5.74) is 2.56. The maximum Gasteiger partial charge on any atom is 0.407 e. The van der Waals surface area contributed by atoms with Crippen molar-refractivity contribution < 1.29 is 42.9 Å². The summed E-state index contributed by atoms with van der Waals surface area (Å²) < 4.78 is 20.8. The van der Waals surface area contributed by atoms with Crippen molar-refractivity contribution in [1.82, 2.24) is 16.0 Å². The van der Waals surface area contributed by atoms with Crippen LogP contribution in [0.4, 0.5) is 9.59 Å². The maximum atomic E-state index is 13.5. The van der Waals surface area contributed by atoms with Crippen LogP contribution in [0.2, 0.25) is 0 Å². The highest BCUT2D eigenvalue weighted by Crippen LogP contribution is 2.17. The highest BCUT2D eigenvalue weighted by Gasteiger charge is 2.28. The first kappa shape index (κ1) is 39.1. The number of alkyl carbamates (subject to hydrolysis) is 2. The summed E-state index contributed by atoms with van der Waals surface area (Å²) in [5, 5.41) is 8.13. The molecule has 0 radical (unpaired) electrons. The Kier molecular flexibility index (Phi) is 18.0. The Labute approximate surface area is 293 Å². The fourth-order valence-corrected chi connectivity index (χ4v) is 4.92. The van der Waals surface area contributed by atoms with Crippen LogP contribution in [0.25, 0.3) is 0 Å². The quantitative estimate of drug-likeness (QED) is 0.0737. The fraction of sp³-hybridized carbons (Fsp3) is 0.395. The Morgan fingerprint density at radius 1 is 0.580 bits per heavy atom. The number of hydrogen-bond donors (Lipinski definition) is 3. The third-order valence-electron chi connectivity index (χ3n) is 7.69. The molecule has 0 aliphatic heterocycles. The fourth-order valence-electron chi connectivity index (χ4n) is 4.92. The molecule has 268 valence electrons. The predicted octanol–water partition coefficient (Wildman–Crippen LogP) is 5.59. The molecule has 0 aromatic heterocycles. The number of benzene rings is 3. The van der Waals surface area contributed by atoms with Crippen molar-refractivity contribution in [3.63, 3.8) is 0 Å². The average molecular weight is 690 g/mol. The van der Waals surface area contributed by atoms with Crippen molar-refractivity contribution in [3.8, 4) is 0 Å². The van der Waals surface area contributed by atoms with E-state index in [9.17, 15) is 24.0 Å². The molecule has 3 rings (SSSR count). The van der Waals surface area contributed by atoms with Gasteiger partial charge in [0.15, 0.2) is 0 Å². The van der Waals surface area contributed by atoms with E-state index >= 15 is 0 Å². The van der Waals surface area contributed by atoms with Gasteiger partial charge in [0.25, 0.3) is 0 Å². The zero-order chi connectivity index (χ0) is 35.8. The van der Waals surface area contributed by atoms with E-state index in [2.05, 4.69) is 16.0 Å². The average Bonchev–Trinajstić information content (AvgIpc) is 3.15. The topological polar surface area (TPSA) is 158 Å². The molecule has 3 aromatic carbocycles. The van der Waals surface area contributed by atoms with Gasteiger partial charge in [0.05, 0.1) is 13.5 Å². The summed E-state index contributed by atoms with van der Waals surface area (Å²) in [5.74, 6) is -2.42. The number of methoxy groups -OCH3 is 1. The van der Waals surface area contributed by atoms with Crippen LogP contribution < -0.4 is 16.0 Å². The van der Waals surface area contributed by atoms with Gasteiger partial charge in [-0.15, -0.1) is 0 Å². The Morgan fingerprint density at radius 2 is 1.02 bits per heavy atom. The van der Waals surface area contributed by atoms with Crippen molar-refractivity contribution in [3.05, 3.63) is 108 Å². The smallest absolute Gasteiger partial charge is 0.407 e. The molecule has 0 bridgehead atoms. The van der Waals surface area contributed by atoms with E-state index in [0.29, 0.717) is 45.2 Å². The van der Waals surface area contributed by atoms with Crippen LogP contribution in [-0.2, 0) is 53.2 Å². The van der Waals surface area contributed by atoms with Crippen LogP contribution in [0.3, 0.4) is 0 Å². The van der Waals surface area contributed by atoms with E-state index in [1.54, 1.807) is 0 Å². The first-order chi connectivity index (χ1) is 24.3. The molecule has 0 fully saturated rings. The van der Waals surface area contributed by atoms with Crippen LogP contribution in [-0.4, -0.2) is 56.3 Å². The Hall–Kier alpha value is -5.39. The van der Waals surface area contributed by atoms with E-state index in [1.807, 2.05) is 91.0 Å². The highest BCUT2D eigenvalue weighted by atomic mass is 16.6. The highest BCUT2D eigenvalue weighted by molar-refractivity contribution is 5.88. The van der Waals surface area contributed by atoms with Crippen molar-refractivity contribution in [2.75, 3.05) is 20.2 Å². The molecule has 0 aliphatic rings. The number of carbonyl (C=O) groups is 5. The van der Waals surface area contributed by atoms with Crippen molar-refractivity contribution in [2.24, 2.45) is 5.92 Å². The molecule has 0 aliphatic carbocycles. The zero-order valence-corrected chi connectivity index (χ0v) is 28.5. The normalized spacial score (nSPS) is 11.7. The molecule has 3 aromatic rings. The van der Waals surface area contributed by atoms with Gasteiger partial charge in [0.2, 0.25) is 5.91 Å². The van der Waals surface area contributed by atoms with Gasteiger partial charge in [-0.05, 0) is 48.8 Å². The molecule has 50 heavy (non-hydrogen) atoms. The lowest BCUT2D eigenvalue weighted by Crippen LogP contribution is -2.44. The van der Waals surface area contributed by atoms with E-state index in [0.717, 1.165) is 16.7 Å². The molecule has 0 spiro atoms. The van der Waals surface area contributed by atoms with Gasteiger partial charge >= 0.3 is 24.1 Å². The minimum Gasteiger partial charge on any atom is -0.467 e. The van der Waals surface area contributed by atoms with Gasteiger partial charge in [0.1, 0.15) is 25.9 Å². The van der Waals surface area contributed by atoms with E-state index in [-0.39, 0.29) is 32.7 Å². The number of hydrogen-bond acceptors (Lipinski definition) is 9. The Balaban J connectivity index is 1.46. The lowest BCUT2D eigenvalue weighted by atomic mass is 9.96. The van der Waals surface area contributed by atoms with Gasteiger partial charge < -0.3 is 34.9 Å². The summed E-state index contributed by atoms with van der Waals surface area (Å²) in [4.78, 5) is 62.9. The number of unbranched alkanes of at least 4 members (excludes halogenated alkanes) is 2. The van der Waals surface area contributed by atoms with Gasteiger partial charge in [0, 0.05) is 19.0 Å². The largest absolute Gasteiger partial charge is 0.467 e. The third-order valence-corrected chi connectivity index (χ3v) is 7.69. The molecule has 12 heteroatoms. The molecular formula is C38H47N3O9. The molecular weight excluding hydrogens is 642 g/mol. The van der Waals surface area contributed by atoms with Crippen molar-refractivity contribution >= 4 is 30.0 Å². The number of ether oxygens (including phenoxy) is 4. The van der Waals surface area contributed by atoms with Crippen LogP contribution in [0.1, 0.15) is 61.6 Å². The lowest BCUT2D eigenvalue weighted by Gasteiger charge is -2.21. The SMILES string of the molecule is COC(=O)[C@H](CCCCNC(=O)OCc1ccccc1)NC(=O)[C@H](CCCCNC(=O)OCc1ccccc1)CC(=O)OCc1ccccc1. The maximum absolute atomic E-state index is 13.5. The molecule has 3 N–H and O–H groups in total. The summed E-state index contributed by atoms with van der Waals surface area (Å²) in [7, 11) is 1.24. The van der Waals surface area contributed by atoms with Crippen LogP contribution >= 0.6 is 0 Å². The lowest BCUT2D eigenvalue weighted by molar-refractivity contribution is -0.149. The summed E-state index contributed by atoms with van der Waals surface area (Å²) in [6.45, 7) is 1.01. The predicted molar refractivity (Wildman–Crippen MR) is 185 cm³/mol. The molecule has 12 nitrogen and oxygen atoms in total. The van der Waals surface area contributed by atoms with Crippen molar-refractivity contribution in [2.45, 2.75) is 70.8 Å². The molecule has 3 amide bonds. The number of carbonyl (C=O) groups excluding carboxylic acids is 5. The number of esters is 2.